The van der Waals surface area contributed by atoms with Crippen molar-refractivity contribution in [3.8, 4) is 11.5 Å². The fraction of sp³-hybridized carbons (Fsp3) is 0.368. The van der Waals surface area contributed by atoms with Crippen LogP contribution < -0.4 is 14.8 Å². The average molecular weight is 299 g/mol. The molecule has 118 valence electrons. The van der Waals surface area contributed by atoms with E-state index in [0.29, 0.717) is 6.61 Å². The van der Waals surface area contributed by atoms with Crippen LogP contribution in [0.4, 0.5) is 5.69 Å². The third-order valence-electron chi connectivity index (χ3n) is 3.38. The minimum Gasteiger partial charge on any atom is -0.494 e. The molecule has 0 saturated carbocycles. The number of hydrogen-bond acceptors (Lipinski definition) is 3. The van der Waals surface area contributed by atoms with Gasteiger partial charge < -0.3 is 14.8 Å². The van der Waals surface area contributed by atoms with Crippen LogP contribution >= 0.6 is 0 Å². The van der Waals surface area contributed by atoms with E-state index in [2.05, 4.69) is 18.3 Å². The summed E-state index contributed by atoms with van der Waals surface area (Å²) in [7, 11) is 0. The molecule has 0 saturated heterocycles. The van der Waals surface area contributed by atoms with E-state index < -0.39 is 0 Å². The van der Waals surface area contributed by atoms with Gasteiger partial charge in [0.2, 0.25) is 0 Å². The lowest BCUT2D eigenvalue weighted by Crippen LogP contribution is -2.03. The van der Waals surface area contributed by atoms with Crippen molar-refractivity contribution in [1.29, 1.82) is 0 Å². The van der Waals surface area contributed by atoms with E-state index in [9.17, 15) is 0 Å². The molecular formula is C19H25NO2. The van der Waals surface area contributed by atoms with Crippen molar-refractivity contribution >= 4 is 5.69 Å². The Bertz CT molecular complexity index is 552. The summed E-state index contributed by atoms with van der Waals surface area (Å²) in [5, 5.41) is 3.42. The van der Waals surface area contributed by atoms with Crippen molar-refractivity contribution in [1.82, 2.24) is 0 Å². The summed E-state index contributed by atoms with van der Waals surface area (Å²) in [6.07, 6.45) is 2.24. The molecule has 2 aromatic carbocycles. The Kier molecular flexibility index (Phi) is 6.62. The van der Waals surface area contributed by atoms with E-state index in [1.165, 1.54) is 0 Å². The molecule has 0 unspecified atom stereocenters. The van der Waals surface area contributed by atoms with Gasteiger partial charge in [-0.15, -0.1) is 0 Å². The highest BCUT2D eigenvalue weighted by atomic mass is 16.5. The van der Waals surface area contributed by atoms with Crippen molar-refractivity contribution in [2.45, 2.75) is 33.2 Å². The molecule has 0 aliphatic carbocycles. The van der Waals surface area contributed by atoms with Gasteiger partial charge in [0.1, 0.15) is 11.5 Å². The van der Waals surface area contributed by atoms with Crippen molar-refractivity contribution in [2.24, 2.45) is 0 Å². The fourth-order valence-electron chi connectivity index (χ4n) is 2.15. The van der Waals surface area contributed by atoms with Crippen LogP contribution in [0, 0.1) is 0 Å². The zero-order valence-electron chi connectivity index (χ0n) is 13.5. The standard InChI is InChI=1S/C19H25NO2/c1-3-5-14-22-18-12-10-17(11-13-18)20-15-16-8-6-7-9-19(16)21-4-2/h6-13,20H,3-5,14-15H2,1-2H3. The number of ether oxygens (including phenoxy) is 2. The summed E-state index contributed by atoms with van der Waals surface area (Å²) < 4.78 is 11.3. The van der Waals surface area contributed by atoms with E-state index in [1.807, 2.05) is 49.4 Å². The molecule has 3 nitrogen and oxygen atoms in total. The highest BCUT2D eigenvalue weighted by Gasteiger charge is 2.02. The van der Waals surface area contributed by atoms with Gasteiger partial charge in [-0.05, 0) is 43.7 Å². The first-order valence-electron chi connectivity index (χ1n) is 8.01. The van der Waals surface area contributed by atoms with Gasteiger partial charge in [-0.1, -0.05) is 31.5 Å². The molecule has 0 amide bonds. The summed E-state index contributed by atoms with van der Waals surface area (Å²) in [4.78, 5) is 0. The molecule has 0 bridgehead atoms. The smallest absolute Gasteiger partial charge is 0.124 e. The van der Waals surface area contributed by atoms with E-state index in [-0.39, 0.29) is 0 Å². The maximum absolute atomic E-state index is 5.67. The van der Waals surface area contributed by atoms with Crippen LogP contribution in [-0.2, 0) is 6.54 Å². The molecule has 0 heterocycles. The number of rotatable bonds is 9. The Morgan fingerprint density at radius 3 is 2.41 bits per heavy atom. The largest absolute Gasteiger partial charge is 0.494 e. The summed E-state index contributed by atoms with van der Waals surface area (Å²) >= 11 is 0. The Balaban J connectivity index is 1.89. The molecule has 0 spiro atoms. The zero-order chi connectivity index (χ0) is 15.6. The van der Waals surface area contributed by atoms with Gasteiger partial charge in [0, 0.05) is 17.8 Å². The number of benzene rings is 2. The Hall–Kier alpha value is -2.16. The summed E-state index contributed by atoms with van der Waals surface area (Å²) in [6, 6.07) is 16.2. The first-order chi connectivity index (χ1) is 10.8. The Morgan fingerprint density at radius 2 is 1.68 bits per heavy atom. The van der Waals surface area contributed by atoms with Crippen molar-refractivity contribution in [3.05, 3.63) is 54.1 Å². The zero-order valence-corrected chi connectivity index (χ0v) is 13.5. The second kappa shape index (κ2) is 8.98. The molecule has 2 aromatic rings. The Labute approximate surface area is 133 Å². The van der Waals surface area contributed by atoms with Gasteiger partial charge in [-0.2, -0.15) is 0 Å². The van der Waals surface area contributed by atoms with Crippen LogP contribution in [-0.4, -0.2) is 13.2 Å². The lowest BCUT2D eigenvalue weighted by Gasteiger charge is -2.12. The molecule has 0 aliphatic heterocycles. The number of para-hydroxylation sites is 1. The quantitative estimate of drug-likeness (QED) is 0.670. The third kappa shape index (κ3) is 4.99. The van der Waals surface area contributed by atoms with Crippen molar-refractivity contribution in [3.63, 3.8) is 0 Å². The third-order valence-corrected chi connectivity index (χ3v) is 3.38. The van der Waals surface area contributed by atoms with Crippen LogP contribution in [0.5, 0.6) is 11.5 Å². The molecule has 2 rings (SSSR count). The predicted octanol–water partition coefficient (Wildman–Crippen LogP) is 4.88. The lowest BCUT2D eigenvalue weighted by molar-refractivity contribution is 0.309. The van der Waals surface area contributed by atoms with Gasteiger partial charge >= 0.3 is 0 Å². The van der Waals surface area contributed by atoms with E-state index in [1.54, 1.807) is 0 Å². The van der Waals surface area contributed by atoms with Crippen molar-refractivity contribution in [2.75, 3.05) is 18.5 Å². The highest BCUT2D eigenvalue weighted by molar-refractivity contribution is 5.47. The molecule has 0 atom stereocenters. The topological polar surface area (TPSA) is 30.5 Å². The van der Waals surface area contributed by atoms with Gasteiger partial charge in [0.25, 0.3) is 0 Å². The lowest BCUT2D eigenvalue weighted by atomic mass is 10.2. The maximum atomic E-state index is 5.67. The second-order valence-electron chi connectivity index (χ2n) is 5.12. The van der Waals surface area contributed by atoms with E-state index >= 15 is 0 Å². The Morgan fingerprint density at radius 1 is 0.909 bits per heavy atom. The monoisotopic (exact) mass is 299 g/mol. The first-order valence-corrected chi connectivity index (χ1v) is 8.01. The SMILES string of the molecule is CCCCOc1ccc(NCc2ccccc2OCC)cc1. The normalized spacial score (nSPS) is 10.3. The molecular weight excluding hydrogens is 274 g/mol. The first kappa shape index (κ1) is 16.2. The fourth-order valence-corrected chi connectivity index (χ4v) is 2.15. The summed E-state index contributed by atoms with van der Waals surface area (Å²) in [5.74, 6) is 1.87. The van der Waals surface area contributed by atoms with E-state index in [4.69, 9.17) is 9.47 Å². The molecule has 0 radical (unpaired) electrons. The summed E-state index contributed by atoms with van der Waals surface area (Å²) in [5.41, 5.74) is 2.24. The molecule has 0 fully saturated rings. The van der Waals surface area contributed by atoms with Crippen LogP contribution in [0.15, 0.2) is 48.5 Å². The van der Waals surface area contributed by atoms with Crippen LogP contribution in [0.3, 0.4) is 0 Å². The minimum atomic E-state index is 0.681. The maximum Gasteiger partial charge on any atom is 0.124 e. The molecule has 0 aromatic heterocycles. The number of unbranched alkanes of at least 4 members (excludes halogenated alkanes) is 1. The van der Waals surface area contributed by atoms with Crippen LogP contribution in [0.2, 0.25) is 0 Å². The molecule has 1 N–H and O–H groups in total. The number of nitrogens with one attached hydrogen (secondary N) is 1. The van der Waals surface area contributed by atoms with Crippen LogP contribution in [0.1, 0.15) is 32.3 Å². The molecule has 3 heteroatoms. The van der Waals surface area contributed by atoms with Crippen molar-refractivity contribution < 1.29 is 9.47 Å². The van der Waals surface area contributed by atoms with Crippen LogP contribution in [0.25, 0.3) is 0 Å². The minimum absolute atomic E-state index is 0.681. The molecule has 0 aliphatic rings. The van der Waals surface area contributed by atoms with Gasteiger partial charge in [-0.25, -0.2) is 0 Å². The van der Waals surface area contributed by atoms with Gasteiger partial charge in [-0.3, -0.25) is 0 Å². The average Bonchev–Trinajstić information content (AvgIpc) is 2.56. The highest BCUT2D eigenvalue weighted by Crippen LogP contribution is 2.21. The molecule has 22 heavy (non-hydrogen) atoms. The number of anilines is 1. The summed E-state index contributed by atoms with van der Waals surface area (Å²) in [6.45, 7) is 6.37. The predicted molar refractivity (Wildman–Crippen MR) is 91.8 cm³/mol. The number of hydrogen-bond donors (Lipinski definition) is 1. The van der Waals surface area contributed by atoms with Gasteiger partial charge in [0.15, 0.2) is 0 Å². The van der Waals surface area contributed by atoms with Gasteiger partial charge in [0.05, 0.1) is 13.2 Å². The van der Waals surface area contributed by atoms with E-state index in [0.717, 1.165) is 48.7 Å². The second-order valence-corrected chi connectivity index (χ2v) is 5.12.